The van der Waals surface area contributed by atoms with Gasteiger partial charge in [-0.05, 0) is 38.5 Å². The first kappa shape index (κ1) is 16.3. The van der Waals surface area contributed by atoms with Gasteiger partial charge in [-0.25, -0.2) is 4.79 Å². The van der Waals surface area contributed by atoms with E-state index in [2.05, 4.69) is 5.32 Å². The SMILES string of the molecule is CC(C)(C)OC(=O)Nc1cc(C(F)(F)F)ccc1CN. The van der Waals surface area contributed by atoms with Crippen LogP contribution in [0, 0.1) is 0 Å². The zero-order chi connectivity index (χ0) is 15.6. The summed E-state index contributed by atoms with van der Waals surface area (Å²) in [5, 5.41) is 2.29. The molecular formula is C13H17F3N2O2. The molecule has 1 aromatic carbocycles. The van der Waals surface area contributed by atoms with Gasteiger partial charge in [0.2, 0.25) is 0 Å². The second kappa shape index (κ2) is 5.70. The van der Waals surface area contributed by atoms with Crippen molar-refractivity contribution in [1.29, 1.82) is 0 Å². The van der Waals surface area contributed by atoms with Crippen molar-refractivity contribution in [2.24, 2.45) is 5.73 Å². The number of anilines is 1. The summed E-state index contributed by atoms with van der Waals surface area (Å²) in [6.45, 7) is 4.97. The monoisotopic (exact) mass is 290 g/mol. The van der Waals surface area contributed by atoms with Gasteiger partial charge in [0.05, 0.1) is 5.56 Å². The average Bonchev–Trinajstić information content (AvgIpc) is 2.24. The number of hydrogen-bond acceptors (Lipinski definition) is 3. The predicted molar refractivity (Wildman–Crippen MR) is 69.2 cm³/mol. The van der Waals surface area contributed by atoms with Crippen LogP contribution in [0.1, 0.15) is 31.9 Å². The molecular weight excluding hydrogens is 273 g/mol. The van der Waals surface area contributed by atoms with E-state index in [1.54, 1.807) is 20.8 Å². The first-order valence-electron chi connectivity index (χ1n) is 5.93. The van der Waals surface area contributed by atoms with Crippen molar-refractivity contribution in [2.45, 2.75) is 39.1 Å². The Morgan fingerprint density at radius 2 is 1.90 bits per heavy atom. The zero-order valence-electron chi connectivity index (χ0n) is 11.5. The minimum Gasteiger partial charge on any atom is -0.444 e. The summed E-state index contributed by atoms with van der Waals surface area (Å²) in [5.74, 6) is 0. The van der Waals surface area contributed by atoms with Crippen molar-refractivity contribution in [3.05, 3.63) is 29.3 Å². The maximum absolute atomic E-state index is 12.6. The Labute approximate surface area is 115 Å². The van der Waals surface area contributed by atoms with Gasteiger partial charge in [-0.15, -0.1) is 0 Å². The van der Waals surface area contributed by atoms with Crippen molar-refractivity contribution in [1.82, 2.24) is 0 Å². The number of carbonyl (C=O) groups excluding carboxylic acids is 1. The molecule has 0 fully saturated rings. The molecule has 1 rings (SSSR count). The van der Waals surface area contributed by atoms with Gasteiger partial charge in [-0.3, -0.25) is 5.32 Å². The molecule has 0 radical (unpaired) electrons. The molecule has 0 atom stereocenters. The van der Waals surface area contributed by atoms with Crippen LogP contribution in [0.15, 0.2) is 18.2 Å². The highest BCUT2D eigenvalue weighted by atomic mass is 19.4. The fourth-order valence-corrected chi connectivity index (χ4v) is 1.46. The molecule has 4 nitrogen and oxygen atoms in total. The van der Waals surface area contributed by atoms with Crippen LogP contribution in [-0.2, 0) is 17.5 Å². The Morgan fingerprint density at radius 3 is 2.35 bits per heavy atom. The third-order valence-corrected chi connectivity index (χ3v) is 2.29. The van der Waals surface area contributed by atoms with Crippen molar-refractivity contribution in [3.63, 3.8) is 0 Å². The number of benzene rings is 1. The standard InChI is InChI=1S/C13H17F3N2O2/c1-12(2,3)20-11(19)18-10-6-9(13(14,15)16)5-4-8(10)7-17/h4-6H,7,17H2,1-3H3,(H,18,19). The Kier molecular flexibility index (Phi) is 4.65. The number of nitrogens with one attached hydrogen (secondary N) is 1. The van der Waals surface area contributed by atoms with E-state index in [1.807, 2.05) is 0 Å². The van der Waals surface area contributed by atoms with E-state index in [-0.39, 0.29) is 12.2 Å². The van der Waals surface area contributed by atoms with E-state index in [1.165, 1.54) is 6.07 Å². The van der Waals surface area contributed by atoms with E-state index in [9.17, 15) is 18.0 Å². The summed E-state index contributed by atoms with van der Waals surface area (Å²) in [6, 6.07) is 2.99. The second-order valence-electron chi connectivity index (χ2n) is 5.20. The Hall–Kier alpha value is -1.76. The molecule has 0 aliphatic heterocycles. The normalized spacial score (nSPS) is 12.2. The van der Waals surface area contributed by atoms with Gasteiger partial charge in [0.1, 0.15) is 5.60 Å². The van der Waals surface area contributed by atoms with Gasteiger partial charge in [-0.2, -0.15) is 13.2 Å². The van der Waals surface area contributed by atoms with E-state index in [4.69, 9.17) is 10.5 Å². The molecule has 3 N–H and O–H groups in total. The summed E-state index contributed by atoms with van der Waals surface area (Å²) < 4.78 is 42.9. The molecule has 0 aromatic heterocycles. The summed E-state index contributed by atoms with van der Waals surface area (Å²) >= 11 is 0. The molecule has 1 aromatic rings. The van der Waals surface area contributed by atoms with E-state index < -0.39 is 23.4 Å². The van der Waals surface area contributed by atoms with Crippen molar-refractivity contribution < 1.29 is 22.7 Å². The number of hydrogen-bond donors (Lipinski definition) is 2. The molecule has 7 heteroatoms. The predicted octanol–water partition coefficient (Wildman–Crippen LogP) is 3.51. The largest absolute Gasteiger partial charge is 0.444 e. The van der Waals surface area contributed by atoms with Crippen molar-refractivity contribution >= 4 is 11.8 Å². The molecule has 0 aliphatic carbocycles. The Bertz CT molecular complexity index is 493. The number of rotatable bonds is 2. The third kappa shape index (κ3) is 4.73. The molecule has 1 amide bonds. The topological polar surface area (TPSA) is 64.3 Å². The van der Waals surface area contributed by atoms with Crippen LogP contribution in [0.5, 0.6) is 0 Å². The van der Waals surface area contributed by atoms with Gasteiger partial charge in [0.25, 0.3) is 0 Å². The van der Waals surface area contributed by atoms with Crippen LogP contribution >= 0.6 is 0 Å². The number of alkyl halides is 3. The highest BCUT2D eigenvalue weighted by Crippen LogP contribution is 2.32. The second-order valence-corrected chi connectivity index (χ2v) is 5.20. The Balaban J connectivity index is 3.00. The van der Waals surface area contributed by atoms with E-state index >= 15 is 0 Å². The Morgan fingerprint density at radius 1 is 1.30 bits per heavy atom. The zero-order valence-corrected chi connectivity index (χ0v) is 11.5. The van der Waals surface area contributed by atoms with Gasteiger partial charge in [0.15, 0.2) is 0 Å². The van der Waals surface area contributed by atoms with Gasteiger partial charge >= 0.3 is 12.3 Å². The van der Waals surface area contributed by atoms with Gasteiger partial charge in [0, 0.05) is 12.2 Å². The summed E-state index contributed by atoms with van der Waals surface area (Å²) in [5.41, 5.74) is 4.23. The fourth-order valence-electron chi connectivity index (χ4n) is 1.46. The highest BCUT2D eigenvalue weighted by molar-refractivity contribution is 5.86. The highest BCUT2D eigenvalue weighted by Gasteiger charge is 2.31. The number of ether oxygens (including phenoxy) is 1. The van der Waals surface area contributed by atoms with Crippen molar-refractivity contribution in [2.75, 3.05) is 5.32 Å². The van der Waals surface area contributed by atoms with Gasteiger partial charge in [-0.1, -0.05) is 6.07 Å². The lowest BCUT2D eigenvalue weighted by Crippen LogP contribution is -2.27. The van der Waals surface area contributed by atoms with Crippen molar-refractivity contribution in [3.8, 4) is 0 Å². The lowest BCUT2D eigenvalue weighted by molar-refractivity contribution is -0.137. The minimum absolute atomic E-state index is 0.00317. The van der Waals surface area contributed by atoms with Crippen LogP contribution in [0.4, 0.5) is 23.7 Å². The molecule has 112 valence electrons. The van der Waals surface area contributed by atoms with E-state index in [0.717, 1.165) is 12.1 Å². The van der Waals surface area contributed by atoms with Crippen LogP contribution in [0.2, 0.25) is 0 Å². The summed E-state index contributed by atoms with van der Waals surface area (Å²) in [7, 11) is 0. The molecule has 0 bridgehead atoms. The summed E-state index contributed by atoms with van der Waals surface area (Å²) in [4.78, 5) is 11.6. The van der Waals surface area contributed by atoms with Crippen LogP contribution < -0.4 is 11.1 Å². The average molecular weight is 290 g/mol. The molecule has 0 spiro atoms. The molecule has 20 heavy (non-hydrogen) atoms. The number of amides is 1. The molecule has 0 saturated heterocycles. The lowest BCUT2D eigenvalue weighted by Gasteiger charge is -2.20. The molecule has 0 aliphatic rings. The number of nitrogens with two attached hydrogens (primary N) is 1. The minimum atomic E-state index is -4.49. The fraction of sp³-hybridized carbons (Fsp3) is 0.462. The summed E-state index contributed by atoms with van der Waals surface area (Å²) in [6.07, 6.45) is -5.32. The first-order valence-corrected chi connectivity index (χ1v) is 5.93. The van der Waals surface area contributed by atoms with Crippen LogP contribution in [-0.4, -0.2) is 11.7 Å². The third-order valence-electron chi connectivity index (χ3n) is 2.29. The first-order chi connectivity index (χ1) is 9.03. The maximum atomic E-state index is 12.6. The number of carbonyl (C=O) groups is 1. The maximum Gasteiger partial charge on any atom is 0.416 e. The molecule has 0 unspecified atom stereocenters. The quantitative estimate of drug-likeness (QED) is 0.876. The molecule has 0 saturated carbocycles. The van der Waals surface area contributed by atoms with Crippen LogP contribution in [0.3, 0.4) is 0 Å². The molecule has 0 heterocycles. The lowest BCUT2D eigenvalue weighted by atomic mass is 10.1. The van der Waals surface area contributed by atoms with Gasteiger partial charge < -0.3 is 10.5 Å². The van der Waals surface area contributed by atoms with E-state index in [0.29, 0.717) is 5.56 Å². The number of halogens is 3. The van der Waals surface area contributed by atoms with Crippen LogP contribution in [0.25, 0.3) is 0 Å². The smallest absolute Gasteiger partial charge is 0.416 e.